The van der Waals surface area contributed by atoms with E-state index in [-0.39, 0.29) is 10.9 Å². The number of carbonyl (C=O) groups is 1. The Morgan fingerprint density at radius 1 is 1.04 bits per heavy atom. The first-order valence-corrected chi connectivity index (χ1v) is 10.1. The van der Waals surface area contributed by atoms with Crippen molar-refractivity contribution >= 4 is 21.6 Å². The number of methoxy groups -OCH3 is 3. The first-order chi connectivity index (χ1) is 13.4. The number of rotatable bonds is 7. The minimum atomic E-state index is -3.72. The molecular formula is C18H22N2O7S. The summed E-state index contributed by atoms with van der Waals surface area (Å²) in [7, 11) is 0.678. The third kappa shape index (κ3) is 3.78. The van der Waals surface area contributed by atoms with Gasteiger partial charge in [0.2, 0.25) is 10.8 Å². The number of furan rings is 1. The molecule has 1 aromatic carbocycles. The molecule has 1 amide bonds. The predicted octanol–water partition coefficient (Wildman–Crippen LogP) is 2.34. The van der Waals surface area contributed by atoms with Crippen LogP contribution in [0.4, 0.5) is 5.69 Å². The lowest BCUT2D eigenvalue weighted by Gasteiger charge is -2.14. The molecule has 0 radical (unpaired) electrons. The third-order valence-electron chi connectivity index (χ3n) is 4.39. The predicted molar refractivity (Wildman–Crippen MR) is 101 cm³/mol. The quantitative estimate of drug-likeness (QED) is 0.746. The molecule has 1 N–H and O–H groups in total. The number of benzene rings is 1. The molecule has 1 aliphatic rings. The van der Waals surface area contributed by atoms with Gasteiger partial charge in [0.15, 0.2) is 17.3 Å². The molecule has 1 fully saturated rings. The first-order valence-electron chi connectivity index (χ1n) is 8.62. The molecule has 1 aromatic heterocycles. The average Bonchev–Trinajstić information content (AvgIpc) is 3.39. The number of ether oxygens (including phenoxy) is 3. The highest BCUT2D eigenvalue weighted by molar-refractivity contribution is 7.89. The summed E-state index contributed by atoms with van der Waals surface area (Å²) in [6.07, 6.45) is 1.63. The van der Waals surface area contributed by atoms with Gasteiger partial charge in [-0.1, -0.05) is 0 Å². The summed E-state index contributed by atoms with van der Waals surface area (Å²) < 4.78 is 47.5. The van der Waals surface area contributed by atoms with Crippen LogP contribution in [0.3, 0.4) is 0 Å². The van der Waals surface area contributed by atoms with Crippen LogP contribution in [0.25, 0.3) is 0 Å². The lowest BCUT2D eigenvalue weighted by molar-refractivity contribution is 0.0991. The molecule has 0 saturated carbocycles. The van der Waals surface area contributed by atoms with Crippen LogP contribution in [0.15, 0.2) is 33.8 Å². The first kappa shape index (κ1) is 20.0. The third-order valence-corrected chi connectivity index (χ3v) is 6.16. The van der Waals surface area contributed by atoms with E-state index in [1.807, 2.05) is 0 Å². The Labute approximate surface area is 163 Å². The largest absolute Gasteiger partial charge is 0.493 e. The van der Waals surface area contributed by atoms with Crippen molar-refractivity contribution in [1.82, 2.24) is 4.31 Å². The van der Waals surface area contributed by atoms with Gasteiger partial charge in [-0.25, -0.2) is 8.42 Å². The van der Waals surface area contributed by atoms with Gasteiger partial charge >= 0.3 is 0 Å². The van der Waals surface area contributed by atoms with Gasteiger partial charge < -0.3 is 23.9 Å². The minimum Gasteiger partial charge on any atom is -0.493 e. The highest BCUT2D eigenvalue weighted by atomic mass is 32.2. The summed E-state index contributed by atoms with van der Waals surface area (Å²) in [6.45, 7) is 0.909. The van der Waals surface area contributed by atoms with Crippen molar-refractivity contribution < 1.29 is 31.8 Å². The van der Waals surface area contributed by atoms with E-state index >= 15 is 0 Å². The standard InChI is InChI=1S/C18H22N2O7S/c1-24-14-10-12(11-15(25-2)17(14)26-3)19-18(21)13-6-7-16(27-13)28(22,23)20-8-4-5-9-20/h6-7,10-11H,4-5,8-9H2,1-3H3,(H,19,21). The van der Waals surface area contributed by atoms with E-state index in [1.54, 1.807) is 12.1 Å². The van der Waals surface area contributed by atoms with E-state index in [0.29, 0.717) is 36.0 Å². The molecule has 10 heteroatoms. The summed E-state index contributed by atoms with van der Waals surface area (Å²) in [6, 6.07) is 5.74. The second kappa shape index (κ2) is 8.11. The highest BCUT2D eigenvalue weighted by Crippen LogP contribution is 2.40. The van der Waals surface area contributed by atoms with Crippen molar-refractivity contribution in [3.8, 4) is 17.2 Å². The number of carbonyl (C=O) groups excluding carboxylic acids is 1. The second-order valence-corrected chi connectivity index (χ2v) is 7.97. The van der Waals surface area contributed by atoms with Crippen molar-refractivity contribution in [2.24, 2.45) is 0 Å². The van der Waals surface area contributed by atoms with Crippen LogP contribution in [0, 0.1) is 0 Å². The summed E-state index contributed by atoms with van der Waals surface area (Å²) in [4.78, 5) is 12.5. The van der Waals surface area contributed by atoms with Crippen molar-refractivity contribution in [2.75, 3.05) is 39.7 Å². The monoisotopic (exact) mass is 410 g/mol. The number of hydrogen-bond donors (Lipinski definition) is 1. The number of anilines is 1. The van der Waals surface area contributed by atoms with Crippen LogP contribution in [-0.2, 0) is 10.0 Å². The van der Waals surface area contributed by atoms with E-state index in [9.17, 15) is 13.2 Å². The molecule has 2 heterocycles. The lowest BCUT2D eigenvalue weighted by atomic mass is 10.2. The van der Waals surface area contributed by atoms with Crippen molar-refractivity contribution in [3.63, 3.8) is 0 Å². The van der Waals surface area contributed by atoms with Gasteiger partial charge in [-0.05, 0) is 25.0 Å². The molecule has 28 heavy (non-hydrogen) atoms. The summed E-state index contributed by atoms with van der Waals surface area (Å²) in [5.74, 6) is 0.409. The molecular weight excluding hydrogens is 388 g/mol. The number of nitrogens with zero attached hydrogens (tertiary/aromatic N) is 1. The zero-order chi connectivity index (χ0) is 20.3. The van der Waals surface area contributed by atoms with E-state index < -0.39 is 15.9 Å². The van der Waals surface area contributed by atoms with Gasteiger partial charge in [-0.15, -0.1) is 0 Å². The number of sulfonamides is 1. The fraction of sp³-hybridized carbons (Fsp3) is 0.389. The number of amides is 1. The van der Waals surface area contributed by atoms with E-state index in [0.717, 1.165) is 12.8 Å². The fourth-order valence-electron chi connectivity index (χ4n) is 2.98. The summed E-state index contributed by atoms with van der Waals surface area (Å²) in [5.41, 5.74) is 0.375. The van der Waals surface area contributed by atoms with E-state index in [4.69, 9.17) is 18.6 Å². The molecule has 0 spiro atoms. The highest BCUT2D eigenvalue weighted by Gasteiger charge is 2.30. The van der Waals surface area contributed by atoms with Gasteiger partial charge in [0.1, 0.15) is 0 Å². The van der Waals surface area contributed by atoms with Gasteiger partial charge in [0, 0.05) is 30.9 Å². The van der Waals surface area contributed by atoms with Gasteiger partial charge in [0.25, 0.3) is 15.9 Å². The molecule has 1 saturated heterocycles. The Kier molecular flexibility index (Phi) is 5.80. The van der Waals surface area contributed by atoms with Gasteiger partial charge in [-0.3, -0.25) is 4.79 Å². The zero-order valence-corrected chi connectivity index (χ0v) is 16.7. The maximum Gasteiger partial charge on any atom is 0.291 e. The van der Waals surface area contributed by atoms with Crippen LogP contribution in [0.2, 0.25) is 0 Å². The Bertz CT molecular complexity index is 937. The molecule has 0 atom stereocenters. The van der Waals surface area contributed by atoms with Crippen LogP contribution >= 0.6 is 0 Å². The Balaban J connectivity index is 1.82. The van der Waals surface area contributed by atoms with Gasteiger partial charge in [0.05, 0.1) is 21.3 Å². The molecule has 0 aliphatic carbocycles. The average molecular weight is 410 g/mol. The molecule has 9 nitrogen and oxygen atoms in total. The summed E-state index contributed by atoms with van der Waals surface area (Å²) >= 11 is 0. The number of hydrogen-bond acceptors (Lipinski definition) is 7. The van der Waals surface area contributed by atoms with Crippen LogP contribution in [-0.4, -0.2) is 53.0 Å². The minimum absolute atomic E-state index is 0.119. The molecule has 1 aliphatic heterocycles. The van der Waals surface area contributed by atoms with Crippen molar-refractivity contribution in [2.45, 2.75) is 17.9 Å². The topological polar surface area (TPSA) is 107 Å². The Hall–Kier alpha value is -2.72. The molecule has 152 valence electrons. The van der Waals surface area contributed by atoms with Crippen LogP contribution in [0.5, 0.6) is 17.2 Å². The Morgan fingerprint density at radius 3 is 2.18 bits per heavy atom. The van der Waals surface area contributed by atoms with E-state index in [2.05, 4.69) is 5.32 Å². The van der Waals surface area contributed by atoms with Crippen LogP contribution in [0.1, 0.15) is 23.4 Å². The maximum atomic E-state index is 12.5. The fourth-order valence-corrected chi connectivity index (χ4v) is 4.41. The molecule has 0 unspecified atom stereocenters. The number of nitrogens with one attached hydrogen (secondary N) is 1. The molecule has 2 aromatic rings. The van der Waals surface area contributed by atoms with E-state index in [1.165, 1.54) is 37.8 Å². The van der Waals surface area contributed by atoms with Crippen molar-refractivity contribution in [1.29, 1.82) is 0 Å². The zero-order valence-electron chi connectivity index (χ0n) is 15.9. The Morgan fingerprint density at radius 2 is 1.64 bits per heavy atom. The van der Waals surface area contributed by atoms with Crippen LogP contribution < -0.4 is 19.5 Å². The lowest BCUT2D eigenvalue weighted by Crippen LogP contribution is -2.27. The van der Waals surface area contributed by atoms with Gasteiger partial charge in [-0.2, -0.15) is 4.31 Å². The molecule has 3 rings (SSSR count). The van der Waals surface area contributed by atoms with Crippen molar-refractivity contribution in [3.05, 3.63) is 30.0 Å². The maximum absolute atomic E-state index is 12.5. The normalized spacial score (nSPS) is 14.7. The SMILES string of the molecule is COc1cc(NC(=O)c2ccc(S(=O)(=O)N3CCCC3)o2)cc(OC)c1OC. The molecule has 0 bridgehead atoms. The second-order valence-electron chi connectivity index (χ2n) is 6.10. The summed E-state index contributed by atoms with van der Waals surface area (Å²) in [5, 5.41) is 2.39. The smallest absolute Gasteiger partial charge is 0.291 e.